The third-order valence-electron chi connectivity index (χ3n) is 3.48. The van der Waals surface area contributed by atoms with E-state index in [4.69, 9.17) is 16.3 Å². The molecule has 0 radical (unpaired) electrons. The summed E-state index contributed by atoms with van der Waals surface area (Å²) in [5.41, 5.74) is 2.17. The summed E-state index contributed by atoms with van der Waals surface area (Å²) >= 11 is 6.19. The standard InChI is InChI=1S/C16H16ClNO2/c17-16-6-5-14(10-15(16)13-3-4-13)20-9-7-12-2-1-8-18(19)11-12/h1-2,5-6,8,10-11,13H,3-4,7,9H2. The van der Waals surface area contributed by atoms with E-state index < -0.39 is 0 Å². The maximum Gasteiger partial charge on any atom is 0.183 e. The predicted octanol–water partition coefficient (Wildman–Crippen LogP) is 3.47. The Bertz CT molecular complexity index is 611. The zero-order valence-corrected chi connectivity index (χ0v) is 11.8. The van der Waals surface area contributed by atoms with E-state index >= 15 is 0 Å². The molecule has 2 aromatic rings. The fraction of sp³-hybridized carbons (Fsp3) is 0.312. The highest BCUT2D eigenvalue weighted by molar-refractivity contribution is 6.31. The van der Waals surface area contributed by atoms with Gasteiger partial charge in [0.2, 0.25) is 0 Å². The highest BCUT2D eigenvalue weighted by Crippen LogP contribution is 2.44. The molecule has 1 aromatic heterocycles. The Hall–Kier alpha value is -1.74. The molecule has 1 aliphatic carbocycles. The van der Waals surface area contributed by atoms with Crippen LogP contribution >= 0.6 is 11.6 Å². The third-order valence-corrected chi connectivity index (χ3v) is 3.82. The molecular weight excluding hydrogens is 274 g/mol. The van der Waals surface area contributed by atoms with E-state index in [9.17, 15) is 5.21 Å². The second kappa shape index (κ2) is 5.71. The van der Waals surface area contributed by atoms with Crippen LogP contribution in [0.3, 0.4) is 0 Å². The quantitative estimate of drug-likeness (QED) is 0.624. The lowest BCUT2D eigenvalue weighted by atomic mass is 10.1. The zero-order chi connectivity index (χ0) is 13.9. The van der Waals surface area contributed by atoms with Crippen LogP contribution in [0.2, 0.25) is 5.02 Å². The van der Waals surface area contributed by atoms with Crippen LogP contribution in [0.15, 0.2) is 42.7 Å². The molecule has 0 spiro atoms. The van der Waals surface area contributed by atoms with Crippen molar-refractivity contribution in [2.24, 2.45) is 0 Å². The molecule has 1 aliphatic rings. The molecule has 0 saturated heterocycles. The number of rotatable bonds is 5. The summed E-state index contributed by atoms with van der Waals surface area (Å²) in [6.45, 7) is 0.551. The highest BCUT2D eigenvalue weighted by atomic mass is 35.5. The first-order valence-corrected chi connectivity index (χ1v) is 7.20. The SMILES string of the molecule is [O-][n+]1cccc(CCOc2ccc(Cl)c(C3CC3)c2)c1. The van der Waals surface area contributed by atoms with Crippen molar-refractivity contribution in [1.29, 1.82) is 0 Å². The molecule has 3 nitrogen and oxygen atoms in total. The highest BCUT2D eigenvalue weighted by Gasteiger charge is 2.26. The normalized spacial score (nSPS) is 14.2. The summed E-state index contributed by atoms with van der Waals surface area (Å²) in [6.07, 6.45) is 6.20. The molecule has 0 bridgehead atoms. The van der Waals surface area contributed by atoms with Gasteiger partial charge in [-0.25, -0.2) is 0 Å². The number of ether oxygens (including phenoxy) is 1. The second-order valence-corrected chi connectivity index (χ2v) is 5.54. The molecule has 3 rings (SSSR count). The van der Waals surface area contributed by atoms with Gasteiger partial charge in [0.1, 0.15) is 5.75 Å². The van der Waals surface area contributed by atoms with Gasteiger partial charge in [-0.2, -0.15) is 4.73 Å². The molecule has 1 aromatic carbocycles. The van der Waals surface area contributed by atoms with Crippen molar-refractivity contribution in [1.82, 2.24) is 0 Å². The van der Waals surface area contributed by atoms with Gasteiger partial charge in [-0.3, -0.25) is 0 Å². The molecule has 4 heteroatoms. The molecule has 0 aliphatic heterocycles. The van der Waals surface area contributed by atoms with Crippen LogP contribution in [-0.4, -0.2) is 6.61 Å². The number of hydrogen-bond donors (Lipinski definition) is 0. The van der Waals surface area contributed by atoms with Crippen molar-refractivity contribution in [3.63, 3.8) is 0 Å². The molecule has 20 heavy (non-hydrogen) atoms. The molecule has 0 amide bonds. The van der Waals surface area contributed by atoms with Crippen molar-refractivity contribution in [3.8, 4) is 5.75 Å². The smallest absolute Gasteiger partial charge is 0.183 e. The maximum absolute atomic E-state index is 11.1. The van der Waals surface area contributed by atoms with Crippen molar-refractivity contribution < 1.29 is 9.47 Å². The number of aromatic nitrogens is 1. The van der Waals surface area contributed by atoms with E-state index in [1.165, 1.54) is 24.6 Å². The van der Waals surface area contributed by atoms with E-state index in [1.54, 1.807) is 12.3 Å². The van der Waals surface area contributed by atoms with Crippen LogP contribution in [0.25, 0.3) is 0 Å². The first-order valence-electron chi connectivity index (χ1n) is 6.82. The van der Waals surface area contributed by atoms with Crippen molar-refractivity contribution in [2.75, 3.05) is 6.61 Å². The van der Waals surface area contributed by atoms with Crippen molar-refractivity contribution >= 4 is 11.6 Å². The lowest BCUT2D eigenvalue weighted by Gasteiger charge is -2.09. The Kier molecular flexibility index (Phi) is 3.79. The number of nitrogens with zero attached hydrogens (tertiary/aromatic N) is 1. The minimum atomic E-state index is 0.551. The van der Waals surface area contributed by atoms with Gasteiger partial charge in [0.15, 0.2) is 12.4 Å². The van der Waals surface area contributed by atoms with Crippen LogP contribution in [-0.2, 0) is 6.42 Å². The van der Waals surface area contributed by atoms with Gasteiger partial charge in [-0.1, -0.05) is 11.6 Å². The maximum atomic E-state index is 11.1. The summed E-state index contributed by atoms with van der Waals surface area (Å²) in [4.78, 5) is 0. The summed E-state index contributed by atoms with van der Waals surface area (Å²) in [6, 6.07) is 9.51. The van der Waals surface area contributed by atoms with Crippen LogP contribution < -0.4 is 9.47 Å². The molecule has 1 fully saturated rings. The monoisotopic (exact) mass is 289 g/mol. The van der Waals surface area contributed by atoms with Crippen LogP contribution in [0.5, 0.6) is 5.75 Å². The summed E-state index contributed by atoms with van der Waals surface area (Å²) in [5.74, 6) is 1.46. The number of halogens is 1. The van der Waals surface area contributed by atoms with E-state index in [0.29, 0.717) is 18.9 Å². The van der Waals surface area contributed by atoms with Crippen molar-refractivity contribution in [2.45, 2.75) is 25.2 Å². The minimum absolute atomic E-state index is 0.551. The average Bonchev–Trinajstić information content (AvgIpc) is 3.25. The molecule has 0 N–H and O–H groups in total. The first kappa shape index (κ1) is 13.3. The lowest BCUT2D eigenvalue weighted by Crippen LogP contribution is -2.25. The Morgan fingerprint density at radius 2 is 2.15 bits per heavy atom. The van der Waals surface area contributed by atoms with Gasteiger partial charge in [0.05, 0.1) is 6.61 Å². The number of benzene rings is 1. The van der Waals surface area contributed by atoms with Crippen LogP contribution in [0.1, 0.15) is 29.9 Å². The number of hydrogen-bond acceptors (Lipinski definition) is 2. The Morgan fingerprint density at radius 3 is 2.90 bits per heavy atom. The summed E-state index contributed by atoms with van der Waals surface area (Å²) < 4.78 is 6.56. The Morgan fingerprint density at radius 1 is 1.30 bits per heavy atom. The van der Waals surface area contributed by atoms with Gasteiger partial charge >= 0.3 is 0 Å². The predicted molar refractivity (Wildman–Crippen MR) is 78.0 cm³/mol. The summed E-state index contributed by atoms with van der Waals surface area (Å²) in [5, 5.41) is 12.0. The fourth-order valence-corrected chi connectivity index (χ4v) is 2.53. The zero-order valence-electron chi connectivity index (χ0n) is 11.1. The molecule has 0 atom stereocenters. The van der Waals surface area contributed by atoms with E-state index in [1.807, 2.05) is 24.3 Å². The van der Waals surface area contributed by atoms with Gasteiger partial charge < -0.3 is 9.94 Å². The van der Waals surface area contributed by atoms with E-state index in [0.717, 1.165) is 21.1 Å². The first-order chi connectivity index (χ1) is 9.72. The third kappa shape index (κ3) is 3.23. The van der Waals surface area contributed by atoms with Crippen LogP contribution in [0, 0.1) is 5.21 Å². The van der Waals surface area contributed by atoms with E-state index in [-0.39, 0.29) is 0 Å². The Labute approximate surface area is 123 Å². The number of pyridine rings is 1. The summed E-state index contributed by atoms with van der Waals surface area (Å²) in [7, 11) is 0. The Balaban J connectivity index is 1.59. The molecule has 104 valence electrons. The van der Waals surface area contributed by atoms with Gasteiger partial charge in [0, 0.05) is 23.1 Å². The molecule has 1 saturated carbocycles. The van der Waals surface area contributed by atoms with Crippen LogP contribution in [0.4, 0.5) is 0 Å². The van der Waals surface area contributed by atoms with Gasteiger partial charge in [-0.05, 0) is 48.6 Å². The largest absolute Gasteiger partial charge is 0.619 e. The van der Waals surface area contributed by atoms with Gasteiger partial charge in [-0.15, -0.1) is 0 Å². The minimum Gasteiger partial charge on any atom is -0.619 e. The topological polar surface area (TPSA) is 36.2 Å². The molecular formula is C16H16ClNO2. The average molecular weight is 290 g/mol. The van der Waals surface area contributed by atoms with E-state index in [2.05, 4.69) is 0 Å². The second-order valence-electron chi connectivity index (χ2n) is 5.13. The lowest BCUT2D eigenvalue weighted by molar-refractivity contribution is -0.605. The fourth-order valence-electron chi connectivity index (χ4n) is 2.25. The molecule has 1 heterocycles. The van der Waals surface area contributed by atoms with Crippen molar-refractivity contribution in [3.05, 3.63) is 64.1 Å². The van der Waals surface area contributed by atoms with Gasteiger partial charge in [0.25, 0.3) is 0 Å². The molecule has 0 unspecified atom stereocenters.